The number of rotatable bonds is 8. The van der Waals surface area contributed by atoms with E-state index in [-0.39, 0.29) is 0 Å². The maximum atomic E-state index is 5.89. The molecule has 1 aromatic heterocycles. The minimum atomic E-state index is 0.735. The Hall–Kier alpha value is -1.52. The average Bonchev–Trinajstić information content (AvgIpc) is 2.83. The summed E-state index contributed by atoms with van der Waals surface area (Å²) < 4.78 is 7.52. The van der Waals surface area contributed by atoms with Gasteiger partial charge in [-0.1, -0.05) is 23.7 Å². The highest BCUT2D eigenvalue weighted by atomic mass is 35.5. The topological polar surface area (TPSA) is 39.1 Å². The summed E-state index contributed by atoms with van der Waals surface area (Å²) in [6.45, 7) is 7.21. The normalized spacial score (nSPS) is 10.8. The molecular weight excluding hydrogens is 286 g/mol. The lowest BCUT2D eigenvalue weighted by Crippen LogP contribution is -2.08. The largest absolute Gasteiger partial charge is 0.382 e. The van der Waals surface area contributed by atoms with Gasteiger partial charge in [-0.25, -0.2) is 4.98 Å². The Labute approximate surface area is 131 Å². The molecule has 0 fully saturated rings. The maximum absolute atomic E-state index is 5.89. The van der Waals surface area contributed by atoms with Crippen molar-refractivity contribution in [2.24, 2.45) is 0 Å². The third-order valence-corrected chi connectivity index (χ3v) is 3.40. The van der Waals surface area contributed by atoms with Gasteiger partial charge in [-0.15, -0.1) is 0 Å². The SMILES string of the molecule is CCOCCCn1cc(C)nc1NCc1ccc(Cl)cc1. The quantitative estimate of drug-likeness (QED) is 0.752. The van der Waals surface area contributed by atoms with E-state index < -0.39 is 0 Å². The van der Waals surface area contributed by atoms with E-state index in [1.54, 1.807) is 0 Å². The number of hydrogen-bond acceptors (Lipinski definition) is 3. The average molecular weight is 308 g/mol. The Balaban J connectivity index is 1.91. The molecule has 0 amide bonds. The number of nitrogens with zero attached hydrogens (tertiary/aromatic N) is 2. The van der Waals surface area contributed by atoms with Crippen LogP contribution in [0.4, 0.5) is 5.95 Å². The second-order valence-electron chi connectivity index (χ2n) is 4.93. The number of hydrogen-bond donors (Lipinski definition) is 1. The van der Waals surface area contributed by atoms with Gasteiger partial charge >= 0.3 is 0 Å². The van der Waals surface area contributed by atoms with Crippen LogP contribution in [0.15, 0.2) is 30.5 Å². The van der Waals surface area contributed by atoms with Crippen LogP contribution < -0.4 is 5.32 Å². The Kier molecular flexibility index (Phi) is 6.08. The van der Waals surface area contributed by atoms with E-state index in [1.807, 2.05) is 38.1 Å². The smallest absolute Gasteiger partial charge is 0.203 e. The number of nitrogens with one attached hydrogen (secondary N) is 1. The van der Waals surface area contributed by atoms with Gasteiger partial charge in [0, 0.05) is 37.5 Å². The van der Waals surface area contributed by atoms with Crippen molar-refractivity contribution < 1.29 is 4.74 Å². The molecule has 0 saturated heterocycles. The first-order valence-corrected chi connectivity index (χ1v) is 7.66. The fourth-order valence-corrected chi connectivity index (χ4v) is 2.25. The number of benzene rings is 1. The highest BCUT2D eigenvalue weighted by Crippen LogP contribution is 2.13. The van der Waals surface area contributed by atoms with Crippen LogP contribution in [0.25, 0.3) is 0 Å². The molecule has 5 heteroatoms. The lowest BCUT2D eigenvalue weighted by Gasteiger charge is -2.10. The zero-order valence-corrected chi connectivity index (χ0v) is 13.4. The molecule has 21 heavy (non-hydrogen) atoms. The lowest BCUT2D eigenvalue weighted by molar-refractivity contribution is 0.142. The molecule has 0 radical (unpaired) electrons. The van der Waals surface area contributed by atoms with E-state index in [1.165, 1.54) is 5.56 Å². The summed E-state index contributed by atoms with van der Waals surface area (Å²) in [6, 6.07) is 7.84. The van der Waals surface area contributed by atoms with Gasteiger partial charge in [0.15, 0.2) is 0 Å². The number of ether oxygens (including phenoxy) is 1. The van der Waals surface area contributed by atoms with E-state index in [2.05, 4.69) is 21.1 Å². The first-order valence-electron chi connectivity index (χ1n) is 7.29. The minimum Gasteiger partial charge on any atom is -0.382 e. The summed E-state index contributed by atoms with van der Waals surface area (Å²) in [4.78, 5) is 4.53. The maximum Gasteiger partial charge on any atom is 0.203 e. The molecule has 0 atom stereocenters. The van der Waals surface area contributed by atoms with Crippen LogP contribution in [-0.4, -0.2) is 22.8 Å². The van der Waals surface area contributed by atoms with Crippen molar-refractivity contribution in [3.63, 3.8) is 0 Å². The first kappa shape index (κ1) is 15.9. The molecule has 0 aliphatic carbocycles. The molecule has 0 unspecified atom stereocenters. The molecule has 2 aromatic rings. The van der Waals surface area contributed by atoms with Crippen LogP contribution in [0.3, 0.4) is 0 Å². The zero-order chi connectivity index (χ0) is 15.1. The van der Waals surface area contributed by atoms with Gasteiger partial charge in [-0.05, 0) is 38.0 Å². The Morgan fingerprint density at radius 1 is 1.29 bits per heavy atom. The van der Waals surface area contributed by atoms with Crippen LogP contribution >= 0.6 is 11.6 Å². The van der Waals surface area contributed by atoms with Crippen molar-refractivity contribution in [3.8, 4) is 0 Å². The molecule has 1 aromatic carbocycles. The number of halogens is 1. The van der Waals surface area contributed by atoms with Crippen molar-refractivity contribution in [2.75, 3.05) is 18.5 Å². The number of aryl methyl sites for hydroxylation is 2. The highest BCUT2D eigenvalue weighted by molar-refractivity contribution is 6.30. The van der Waals surface area contributed by atoms with E-state index in [0.717, 1.165) is 49.4 Å². The third-order valence-electron chi connectivity index (χ3n) is 3.15. The third kappa shape index (κ3) is 5.06. The molecule has 0 bridgehead atoms. The number of anilines is 1. The van der Waals surface area contributed by atoms with Crippen molar-refractivity contribution >= 4 is 17.5 Å². The first-order chi connectivity index (χ1) is 10.2. The molecular formula is C16H22ClN3O. The Bertz CT molecular complexity index is 551. The predicted octanol–water partition coefficient (Wildman–Crippen LogP) is 3.88. The predicted molar refractivity (Wildman–Crippen MR) is 86.9 cm³/mol. The fourth-order valence-electron chi connectivity index (χ4n) is 2.12. The molecule has 0 aliphatic rings. The van der Waals surface area contributed by atoms with Crippen LogP contribution in [-0.2, 0) is 17.8 Å². The van der Waals surface area contributed by atoms with E-state index in [4.69, 9.17) is 16.3 Å². The highest BCUT2D eigenvalue weighted by Gasteiger charge is 2.05. The van der Waals surface area contributed by atoms with Gasteiger partial charge in [0.25, 0.3) is 0 Å². The molecule has 1 N–H and O–H groups in total. The van der Waals surface area contributed by atoms with Gasteiger partial charge in [-0.3, -0.25) is 0 Å². The van der Waals surface area contributed by atoms with E-state index in [0.29, 0.717) is 0 Å². The Morgan fingerprint density at radius 2 is 2.05 bits per heavy atom. The summed E-state index contributed by atoms with van der Waals surface area (Å²) in [6.07, 6.45) is 3.05. The minimum absolute atomic E-state index is 0.735. The molecule has 0 aliphatic heterocycles. The lowest BCUT2D eigenvalue weighted by atomic mass is 10.2. The van der Waals surface area contributed by atoms with Crippen LogP contribution in [0, 0.1) is 6.92 Å². The number of imidazole rings is 1. The molecule has 0 saturated carbocycles. The fraction of sp³-hybridized carbons (Fsp3) is 0.438. The molecule has 1 heterocycles. The molecule has 4 nitrogen and oxygen atoms in total. The monoisotopic (exact) mass is 307 g/mol. The van der Waals surface area contributed by atoms with Gasteiger partial charge in [0.2, 0.25) is 5.95 Å². The van der Waals surface area contributed by atoms with Crippen molar-refractivity contribution in [3.05, 3.63) is 46.7 Å². The zero-order valence-electron chi connectivity index (χ0n) is 12.6. The summed E-state index contributed by atoms with van der Waals surface area (Å²) >= 11 is 5.89. The molecule has 2 rings (SSSR count). The second-order valence-corrected chi connectivity index (χ2v) is 5.37. The summed E-state index contributed by atoms with van der Waals surface area (Å²) in [7, 11) is 0. The standard InChI is InChI=1S/C16H22ClN3O/c1-3-21-10-4-9-20-12-13(2)19-16(20)18-11-14-5-7-15(17)8-6-14/h5-8,12H,3-4,9-11H2,1-2H3,(H,18,19). The molecule has 0 spiro atoms. The number of aromatic nitrogens is 2. The Morgan fingerprint density at radius 3 is 2.76 bits per heavy atom. The summed E-state index contributed by atoms with van der Waals surface area (Å²) in [5, 5.41) is 4.14. The molecule has 114 valence electrons. The van der Waals surface area contributed by atoms with Crippen LogP contribution in [0.2, 0.25) is 5.02 Å². The van der Waals surface area contributed by atoms with Gasteiger partial charge in [0.1, 0.15) is 0 Å². The second kappa shape index (κ2) is 8.05. The van der Waals surface area contributed by atoms with Gasteiger partial charge in [-0.2, -0.15) is 0 Å². The van der Waals surface area contributed by atoms with E-state index in [9.17, 15) is 0 Å². The van der Waals surface area contributed by atoms with Crippen molar-refractivity contribution in [1.82, 2.24) is 9.55 Å². The van der Waals surface area contributed by atoms with Crippen molar-refractivity contribution in [2.45, 2.75) is 33.4 Å². The van der Waals surface area contributed by atoms with Gasteiger partial charge < -0.3 is 14.6 Å². The van der Waals surface area contributed by atoms with Crippen molar-refractivity contribution in [1.29, 1.82) is 0 Å². The summed E-state index contributed by atoms with van der Waals surface area (Å²) in [5.41, 5.74) is 2.20. The van der Waals surface area contributed by atoms with Gasteiger partial charge in [0.05, 0.1) is 5.69 Å². The van der Waals surface area contributed by atoms with Crippen LogP contribution in [0.5, 0.6) is 0 Å². The summed E-state index contributed by atoms with van der Waals surface area (Å²) in [5.74, 6) is 0.902. The van der Waals surface area contributed by atoms with Crippen LogP contribution in [0.1, 0.15) is 24.6 Å². The van der Waals surface area contributed by atoms with E-state index >= 15 is 0 Å².